The van der Waals surface area contributed by atoms with E-state index in [9.17, 15) is 0 Å². The van der Waals surface area contributed by atoms with Crippen LogP contribution in [0.15, 0.2) is 158 Å². The lowest BCUT2D eigenvalue weighted by Gasteiger charge is -2.25. The monoisotopic (exact) mass is 552 g/mol. The van der Waals surface area contributed by atoms with Gasteiger partial charge in [0.25, 0.3) is 0 Å². The van der Waals surface area contributed by atoms with E-state index >= 15 is 0 Å². The fourth-order valence-corrected chi connectivity index (χ4v) is 6.45. The third kappa shape index (κ3) is 5.50. The van der Waals surface area contributed by atoms with Crippen LogP contribution in [0.2, 0.25) is 0 Å². The number of ether oxygens (including phenoxy) is 1. The first-order valence-corrected chi connectivity index (χ1v) is 15.0. The molecule has 0 aliphatic heterocycles. The maximum absolute atomic E-state index is 5.72. The first-order valence-electron chi connectivity index (χ1n) is 15.0. The minimum atomic E-state index is 0.00226. The van der Waals surface area contributed by atoms with Crippen LogP contribution in [-0.2, 0) is 4.74 Å². The van der Waals surface area contributed by atoms with Crippen LogP contribution in [0.4, 0.5) is 0 Å². The van der Waals surface area contributed by atoms with Gasteiger partial charge in [-0.3, -0.25) is 0 Å². The predicted molar refractivity (Wildman–Crippen MR) is 187 cm³/mol. The normalized spacial score (nSPS) is 12.0. The summed E-state index contributed by atoms with van der Waals surface area (Å²) in [5.74, 6) is 0. The molecule has 0 fully saturated rings. The van der Waals surface area contributed by atoms with Gasteiger partial charge in [0.2, 0.25) is 6.71 Å². The number of benzene rings is 7. The summed E-state index contributed by atoms with van der Waals surface area (Å²) in [5.41, 5.74) is 7.66. The summed E-state index contributed by atoms with van der Waals surface area (Å²) in [6.07, 6.45) is 0.806. The summed E-state index contributed by atoms with van der Waals surface area (Å²) in [6, 6.07) is 57.7. The minimum Gasteiger partial charge on any atom is -0.384 e. The molecule has 206 valence electrons. The fraction of sp³-hybridized carbons (Fsp3) is 0.0732. The Balaban J connectivity index is 1.57. The van der Waals surface area contributed by atoms with Crippen molar-refractivity contribution >= 4 is 61.0 Å². The quantitative estimate of drug-likeness (QED) is 0.135. The van der Waals surface area contributed by atoms with E-state index in [0.29, 0.717) is 6.61 Å². The van der Waals surface area contributed by atoms with Crippen LogP contribution in [0.25, 0.3) is 43.4 Å². The second-order valence-electron chi connectivity index (χ2n) is 11.2. The largest absolute Gasteiger partial charge is 0.384 e. The van der Waals surface area contributed by atoms with Gasteiger partial charge in [-0.2, -0.15) is 0 Å². The van der Waals surface area contributed by atoms with Crippen molar-refractivity contribution < 1.29 is 4.74 Å². The van der Waals surface area contributed by atoms with Crippen molar-refractivity contribution in [2.45, 2.75) is 6.42 Å². The highest BCUT2D eigenvalue weighted by Gasteiger charge is 2.29. The number of rotatable bonds is 8. The maximum atomic E-state index is 5.72. The molecule has 0 aliphatic carbocycles. The molecule has 0 N–H and O–H groups in total. The Morgan fingerprint density at radius 2 is 0.930 bits per heavy atom. The fourth-order valence-electron chi connectivity index (χ4n) is 6.45. The zero-order valence-corrected chi connectivity index (χ0v) is 24.4. The summed E-state index contributed by atoms with van der Waals surface area (Å²) in [4.78, 5) is 0. The predicted octanol–water partition coefficient (Wildman–Crippen LogP) is 8.94. The van der Waals surface area contributed by atoms with Gasteiger partial charge in [-0.1, -0.05) is 168 Å². The highest BCUT2D eigenvalue weighted by molar-refractivity contribution is 7.01. The van der Waals surface area contributed by atoms with Crippen molar-refractivity contribution in [1.82, 2.24) is 0 Å². The zero-order valence-electron chi connectivity index (χ0n) is 24.4. The zero-order chi connectivity index (χ0) is 29.0. The second-order valence-corrected chi connectivity index (χ2v) is 11.2. The van der Waals surface area contributed by atoms with Crippen LogP contribution in [0.1, 0.15) is 17.5 Å². The van der Waals surface area contributed by atoms with E-state index in [2.05, 4.69) is 158 Å². The van der Waals surface area contributed by atoms with Gasteiger partial charge in [-0.05, 0) is 61.5 Å². The van der Waals surface area contributed by atoms with Crippen molar-refractivity contribution in [3.05, 3.63) is 169 Å². The molecule has 0 amide bonds. The Hall–Kier alpha value is -4.92. The first kappa shape index (κ1) is 27.0. The Bertz CT molecular complexity index is 2000. The van der Waals surface area contributed by atoms with E-state index in [4.69, 9.17) is 4.74 Å². The van der Waals surface area contributed by atoms with E-state index in [-0.39, 0.29) is 6.71 Å². The molecule has 7 rings (SSSR count). The van der Waals surface area contributed by atoms with Crippen molar-refractivity contribution in [3.63, 3.8) is 0 Å². The first-order chi connectivity index (χ1) is 21.3. The molecule has 43 heavy (non-hydrogen) atoms. The molecule has 0 heterocycles. The Kier molecular flexibility index (Phi) is 7.60. The molecular formula is C41H33BO. The van der Waals surface area contributed by atoms with E-state index in [1.807, 2.05) is 0 Å². The SMILES string of the molecule is COCC/C(=C(\B(c1ccc2ccccc2c1)c1ccc2ccccc2c1)c1ccc2ccccc2c1)c1ccccc1. The highest BCUT2D eigenvalue weighted by Crippen LogP contribution is 2.33. The van der Waals surface area contributed by atoms with Gasteiger partial charge in [-0.25, -0.2) is 0 Å². The van der Waals surface area contributed by atoms with Gasteiger partial charge < -0.3 is 4.74 Å². The summed E-state index contributed by atoms with van der Waals surface area (Å²) in [5, 5.41) is 7.50. The Morgan fingerprint density at radius 1 is 0.465 bits per heavy atom. The lowest BCUT2D eigenvalue weighted by Crippen LogP contribution is -2.44. The van der Waals surface area contributed by atoms with Crippen molar-refractivity contribution in [3.8, 4) is 0 Å². The summed E-state index contributed by atoms with van der Waals surface area (Å²) in [6.45, 7) is 0.645. The van der Waals surface area contributed by atoms with Gasteiger partial charge in [0, 0.05) is 7.11 Å². The number of fused-ring (bicyclic) bond motifs is 3. The lowest BCUT2D eigenvalue weighted by molar-refractivity contribution is 0.206. The maximum Gasteiger partial charge on any atom is 0.242 e. The molecule has 0 atom stereocenters. The molecule has 0 saturated heterocycles. The van der Waals surface area contributed by atoms with Gasteiger partial charge in [0.1, 0.15) is 0 Å². The standard InChI is InChI=1S/C41H33BO/c1-43-26-25-40(33-14-3-2-4-15-33)41(37-20-19-30-11-5-8-16-34(30)27-37)42(38-23-21-31-12-6-9-17-35(31)28-38)39-24-22-32-13-7-10-18-36(32)29-39/h2-24,27-29H,25-26H2,1H3/b41-40+. The van der Waals surface area contributed by atoms with Crippen molar-refractivity contribution in [2.75, 3.05) is 13.7 Å². The molecule has 0 bridgehead atoms. The van der Waals surface area contributed by atoms with Crippen LogP contribution in [-0.4, -0.2) is 20.4 Å². The number of hydrogen-bond acceptors (Lipinski definition) is 1. The van der Waals surface area contributed by atoms with E-state index < -0.39 is 0 Å². The molecule has 1 nitrogen and oxygen atoms in total. The lowest BCUT2D eigenvalue weighted by atomic mass is 9.34. The van der Waals surface area contributed by atoms with Crippen LogP contribution < -0.4 is 10.9 Å². The summed E-state index contributed by atoms with van der Waals surface area (Å²) in [7, 11) is 1.79. The summed E-state index contributed by atoms with van der Waals surface area (Å²) >= 11 is 0. The van der Waals surface area contributed by atoms with Crippen LogP contribution in [0, 0.1) is 0 Å². The molecule has 0 unspecified atom stereocenters. The minimum absolute atomic E-state index is 0.00226. The van der Waals surface area contributed by atoms with Crippen LogP contribution >= 0.6 is 0 Å². The Morgan fingerprint density at radius 3 is 1.47 bits per heavy atom. The second kappa shape index (κ2) is 12.1. The molecule has 7 aromatic carbocycles. The van der Waals surface area contributed by atoms with E-state index in [1.54, 1.807) is 7.11 Å². The highest BCUT2D eigenvalue weighted by atomic mass is 16.5. The topological polar surface area (TPSA) is 9.23 Å². The molecule has 0 aromatic heterocycles. The number of hydrogen-bond donors (Lipinski definition) is 0. The van der Waals surface area contributed by atoms with E-state index in [0.717, 1.165) is 6.42 Å². The molecule has 0 saturated carbocycles. The molecule has 2 heteroatoms. The van der Waals surface area contributed by atoms with Crippen molar-refractivity contribution in [1.29, 1.82) is 0 Å². The van der Waals surface area contributed by atoms with Crippen LogP contribution in [0.3, 0.4) is 0 Å². The molecule has 0 spiro atoms. The van der Waals surface area contributed by atoms with Crippen LogP contribution in [0.5, 0.6) is 0 Å². The third-order valence-electron chi connectivity index (χ3n) is 8.57. The smallest absolute Gasteiger partial charge is 0.242 e. The van der Waals surface area contributed by atoms with Gasteiger partial charge in [0.15, 0.2) is 0 Å². The molecule has 0 radical (unpaired) electrons. The van der Waals surface area contributed by atoms with Gasteiger partial charge in [-0.15, -0.1) is 0 Å². The molecule has 7 aromatic rings. The third-order valence-corrected chi connectivity index (χ3v) is 8.57. The van der Waals surface area contributed by atoms with Crippen molar-refractivity contribution in [2.24, 2.45) is 0 Å². The average Bonchev–Trinajstić information content (AvgIpc) is 3.08. The van der Waals surface area contributed by atoms with Gasteiger partial charge >= 0.3 is 0 Å². The average molecular weight is 553 g/mol. The molecular weight excluding hydrogens is 519 g/mol. The molecule has 0 aliphatic rings. The summed E-state index contributed by atoms with van der Waals surface area (Å²) < 4.78 is 5.72. The van der Waals surface area contributed by atoms with E-state index in [1.165, 1.54) is 65.4 Å². The van der Waals surface area contributed by atoms with Gasteiger partial charge in [0.05, 0.1) is 6.61 Å². The number of methoxy groups -OCH3 is 1. The Labute approximate surface area is 254 Å².